The molecule has 11 heteroatoms. The van der Waals surface area contributed by atoms with E-state index in [9.17, 15) is 18.8 Å². The second kappa shape index (κ2) is 12.2. The van der Waals surface area contributed by atoms with E-state index in [4.69, 9.17) is 15.1 Å². The van der Waals surface area contributed by atoms with E-state index in [1.54, 1.807) is 18.2 Å². The molecule has 0 aliphatic carbocycles. The molecule has 1 saturated heterocycles. The minimum absolute atomic E-state index is 0.0742. The standard InChI is InChI=1S/C31H33F2N7O2/c1-17(2)8-25-21(11-34)30(22(12-35)31(39-25)38-24-6-7-36-13-18(24)3)19-4-5-27-28(9-19)42-16-29(41)40(27)15-26-23(33)10-20(32)14-37-26/h4-5,9-10,12,14,17-18,24,35-36H,6-8,13,15-16H2,1-3H3,(H,38,39)/t18-,24?/m1/s1. The number of anilines is 2. The van der Waals surface area contributed by atoms with E-state index in [1.165, 1.54) is 11.1 Å². The van der Waals surface area contributed by atoms with Gasteiger partial charge in [0, 0.05) is 29.4 Å². The number of ether oxygens (including phenoxy) is 1. The maximum absolute atomic E-state index is 14.4. The smallest absolute Gasteiger partial charge is 0.265 e. The lowest BCUT2D eigenvalue weighted by Gasteiger charge is -2.32. The Balaban J connectivity index is 1.60. The molecule has 2 aliphatic heterocycles. The molecule has 0 radical (unpaired) electrons. The third kappa shape index (κ3) is 5.81. The van der Waals surface area contributed by atoms with Gasteiger partial charge in [0.25, 0.3) is 5.91 Å². The quantitative estimate of drug-likeness (QED) is 0.330. The molecule has 2 aromatic heterocycles. The number of aromatic nitrogens is 2. The van der Waals surface area contributed by atoms with E-state index in [-0.39, 0.29) is 30.8 Å². The van der Waals surface area contributed by atoms with E-state index in [0.717, 1.165) is 31.8 Å². The molecule has 1 unspecified atom stereocenters. The van der Waals surface area contributed by atoms with Crippen molar-refractivity contribution >= 4 is 23.6 Å². The van der Waals surface area contributed by atoms with Crippen LogP contribution in [0.3, 0.4) is 0 Å². The van der Waals surface area contributed by atoms with Gasteiger partial charge in [-0.15, -0.1) is 0 Å². The molecule has 0 spiro atoms. The third-order valence-electron chi connectivity index (χ3n) is 7.66. The number of hydrogen-bond acceptors (Lipinski definition) is 8. The van der Waals surface area contributed by atoms with Crippen LogP contribution in [0, 0.1) is 40.2 Å². The van der Waals surface area contributed by atoms with Crippen LogP contribution in [0.15, 0.2) is 30.5 Å². The molecule has 42 heavy (non-hydrogen) atoms. The number of halogens is 2. The minimum atomic E-state index is -0.848. The van der Waals surface area contributed by atoms with Gasteiger partial charge in [0.15, 0.2) is 6.61 Å². The first-order valence-electron chi connectivity index (χ1n) is 14.0. The van der Waals surface area contributed by atoms with Crippen LogP contribution in [0.5, 0.6) is 5.75 Å². The second-order valence-electron chi connectivity index (χ2n) is 11.2. The summed E-state index contributed by atoms with van der Waals surface area (Å²) in [5.41, 5.74) is 3.02. The van der Waals surface area contributed by atoms with Gasteiger partial charge in [0.2, 0.25) is 0 Å². The fraction of sp³-hybridized carbons (Fsp3) is 0.387. The molecule has 3 N–H and O–H groups in total. The summed E-state index contributed by atoms with van der Waals surface area (Å²) in [4.78, 5) is 22.8. The van der Waals surface area contributed by atoms with Crippen LogP contribution in [-0.2, 0) is 17.8 Å². The number of hydrogen-bond donors (Lipinski definition) is 3. The van der Waals surface area contributed by atoms with Gasteiger partial charge in [0.05, 0.1) is 35.4 Å². The lowest BCUT2D eigenvalue weighted by Crippen LogP contribution is -2.42. The first-order chi connectivity index (χ1) is 20.2. The van der Waals surface area contributed by atoms with Gasteiger partial charge in [-0.1, -0.05) is 26.8 Å². The summed E-state index contributed by atoms with van der Waals surface area (Å²) in [5, 5.41) is 25.6. The van der Waals surface area contributed by atoms with E-state index in [1.807, 2.05) is 0 Å². The Kier molecular flexibility index (Phi) is 8.45. The van der Waals surface area contributed by atoms with Gasteiger partial charge in [-0.3, -0.25) is 14.7 Å². The van der Waals surface area contributed by atoms with Crippen LogP contribution in [-0.4, -0.2) is 47.8 Å². The van der Waals surface area contributed by atoms with Crippen molar-refractivity contribution in [3.63, 3.8) is 0 Å². The fourth-order valence-electron chi connectivity index (χ4n) is 5.50. The van der Waals surface area contributed by atoms with Gasteiger partial charge >= 0.3 is 0 Å². The number of carbonyl (C=O) groups excluding carboxylic acids is 1. The number of nitrogens with one attached hydrogen (secondary N) is 3. The van der Waals surface area contributed by atoms with Gasteiger partial charge in [-0.05, 0) is 55.5 Å². The van der Waals surface area contributed by atoms with Gasteiger partial charge in [-0.2, -0.15) is 5.26 Å². The lowest BCUT2D eigenvalue weighted by molar-refractivity contribution is -0.121. The van der Waals surface area contributed by atoms with Crippen molar-refractivity contribution in [2.24, 2.45) is 11.8 Å². The summed E-state index contributed by atoms with van der Waals surface area (Å²) < 4.78 is 33.6. The van der Waals surface area contributed by atoms with E-state index in [0.29, 0.717) is 57.5 Å². The topological polar surface area (TPSA) is 127 Å². The molecular formula is C31H33F2N7O2. The molecule has 218 valence electrons. The second-order valence-corrected chi connectivity index (χ2v) is 11.2. The zero-order valence-corrected chi connectivity index (χ0v) is 23.8. The molecule has 2 aliphatic rings. The van der Waals surface area contributed by atoms with Crippen molar-refractivity contribution in [1.29, 1.82) is 10.7 Å². The number of piperidine rings is 1. The minimum Gasteiger partial charge on any atom is -0.482 e. The average Bonchev–Trinajstić information content (AvgIpc) is 2.96. The molecule has 2 atom stereocenters. The van der Waals surface area contributed by atoms with Crippen molar-refractivity contribution in [1.82, 2.24) is 15.3 Å². The summed E-state index contributed by atoms with van der Waals surface area (Å²) in [6.45, 7) is 7.54. The number of nitriles is 1. The molecular weight excluding hydrogens is 540 g/mol. The molecule has 3 aromatic rings. The molecule has 9 nitrogen and oxygen atoms in total. The summed E-state index contributed by atoms with van der Waals surface area (Å²) >= 11 is 0. The highest BCUT2D eigenvalue weighted by molar-refractivity contribution is 6.00. The van der Waals surface area contributed by atoms with Crippen LogP contribution in [0.1, 0.15) is 49.7 Å². The van der Waals surface area contributed by atoms with Gasteiger partial charge in [0.1, 0.15) is 29.3 Å². The fourth-order valence-corrected chi connectivity index (χ4v) is 5.50. The highest BCUT2D eigenvalue weighted by Crippen LogP contribution is 2.40. The van der Waals surface area contributed by atoms with Crippen LogP contribution < -0.4 is 20.3 Å². The Hall–Kier alpha value is -4.43. The maximum Gasteiger partial charge on any atom is 0.265 e. The van der Waals surface area contributed by atoms with Crippen molar-refractivity contribution in [2.75, 3.05) is 29.9 Å². The molecule has 0 saturated carbocycles. The van der Waals surface area contributed by atoms with E-state index in [2.05, 4.69) is 42.5 Å². The van der Waals surface area contributed by atoms with Crippen molar-refractivity contribution in [3.8, 4) is 22.9 Å². The zero-order valence-electron chi connectivity index (χ0n) is 23.8. The summed E-state index contributed by atoms with van der Waals surface area (Å²) in [6, 6.07) is 8.36. The van der Waals surface area contributed by atoms with Crippen molar-refractivity contribution < 1.29 is 18.3 Å². The number of nitrogens with zero attached hydrogens (tertiary/aromatic N) is 4. The van der Waals surface area contributed by atoms with Gasteiger partial charge < -0.3 is 20.8 Å². The Morgan fingerprint density at radius 1 is 1.31 bits per heavy atom. The molecule has 1 fully saturated rings. The van der Waals surface area contributed by atoms with Crippen molar-refractivity contribution in [2.45, 2.75) is 46.2 Å². The monoisotopic (exact) mass is 573 g/mol. The Bertz CT molecular complexity index is 1570. The van der Waals surface area contributed by atoms with Gasteiger partial charge in [-0.25, -0.2) is 13.8 Å². The molecule has 0 bridgehead atoms. The predicted molar refractivity (Wildman–Crippen MR) is 156 cm³/mol. The molecule has 4 heterocycles. The SMILES string of the molecule is CC(C)Cc1nc(NC2CCNC[C@H]2C)c(C=N)c(-c2ccc3c(c2)OCC(=O)N3Cc2ncc(F)cc2F)c1C#N. The van der Waals surface area contributed by atoms with E-state index < -0.39 is 17.5 Å². The molecule has 1 amide bonds. The lowest BCUT2D eigenvalue weighted by atomic mass is 9.90. The Morgan fingerprint density at radius 3 is 2.81 bits per heavy atom. The number of rotatable bonds is 8. The number of fused-ring (bicyclic) bond motifs is 1. The summed E-state index contributed by atoms with van der Waals surface area (Å²) in [6.07, 6.45) is 3.60. The summed E-state index contributed by atoms with van der Waals surface area (Å²) in [7, 11) is 0. The Labute approximate surface area is 243 Å². The van der Waals surface area contributed by atoms with Crippen LogP contribution in [0.4, 0.5) is 20.3 Å². The number of pyridine rings is 2. The highest BCUT2D eigenvalue weighted by Gasteiger charge is 2.30. The third-order valence-corrected chi connectivity index (χ3v) is 7.66. The summed E-state index contributed by atoms with van der Waals surface area (Å²) in [5.74, 6) is -0.556. The highest BCUT2D eigenvalue weighted by atomic mass is 19.1. The van der Waals surface area contributed by atoms with E-state index >= 15 is 0 Å². The predicted octanol–water partition coefficient (Wildman–Crippen LogP) is 4.83. The number of amides is 1. The van der Waals surface area contributed by atoms with Crippen LogP contribution in [0.2, 0.25) is 0 Å². The number of benzene rings is 1. The molecule has 1 aromatic carbocycles. The first-order valence-corrected chi connectivity index (χ1v) is 14.0. The number of carbonyl (C=O) groups is 1. The van der Waals surface area contributed by atoms with Crippen LogP contribution in [0.25, 0.3) is 11.1 Å². The largest absolute Gasteiger partial charge is 0.482 e. The van der Waals surface area contributed by atoms with Crippen molar-refractivity contribution in [3.05, 3.63) is 64.6 Å². The zero-order chi connectivity index (χ0) is 30.0. The normalized spacial score (nSPS) is 18.3. The maximum atomic E-state index is 14.4. The Morgan fingerprint density at radius 2 is 2.12 bits per heavy atom. The first kappa shape index (κ1) is 29.1. The molecule has 5 rings (SSSR count). The van der Waals surface area contributed by atoms with Crippen LogP contribution >= 0.6 is 0 Å². The average molecular weight is 574 g/mol.